The second-order valence-corrected chi connectivity index (χ2v) is 6.70. The molecule has 0 bridgehead atoms. The standard InChI is InChI=1S/C9H18.C6H11NO2/c1-8-6-4-5-7-9(8,2)3;1(5-3-8-5)7-2-6-4-9-6/h8H,4-7H2,1-3H3;5-7H,1-4H2. The van der Waals surface area contributed by atoms with Crippen LogP contribution in [-0.4, -0.2) is 38.5 Å². The van der Waals surface area contributed by atoms with Gasteiger partial charge in [-0.25, -0.2) is 0 Å². The Labute approximate surface area is 112 Å². The van der Waals surface area contributed by atoms with Crippen molar-refractivity contribution in [3.63, 3.8) is 0 Å². The van der Waals surface area contributed by atoms with Crippen LogP contribution in [0.2, 0.25) is 0 Å². The molecule has 3 fully saturated rings. The first kappa shape index (κ1) is 14.3. The molecule has 2 heterocycles. The van der Waals surface area contributed by atoms with E-state index in [9.17, 15) is 0 Å². The Morgan fingerprint density at radius 1 is 1.06 bits per heavy atom. The Morgan fingerprint density at radius 2 is 1.61 bits per heavy atom. The molecule has 0 aromatic carbocycles. The lowest BCUT2D eigenvalue weighted by molar-refractivity contribution is 0.154. The van der Waals surface area contributed by atoms with Crippen molar-refractivity contribution in [1.29, 1.82) is 0 Å². The monoisotopic (exact) mass is 255 g/mol. The highest BCUT2D eigenvalue weighted by Crippen LogP contribution is 2.39. The Morgan fingerprint density at radius 3 is 1.94 bits per heavy atom. The first-order valence-electron chi connectivity index (χ1n) is 7.52. The van der Waals surface area contributed by atoms with Gasteiger partial charge in [-0.15, -0.1) is 0 Å². The van der Waals surface area contributed by atoms with E-state index in [1.165, 1.54) is 25.7 Å². The summed E-state index contributed by atoms with van der Waals surface area (Å²) in [5.74, 6) is 0.950. The topological polar surface area (TPSA) is 37.1 Å². The molecule has 0 spiro atoms. The van der Waals surface area contributed by atoms with Gasteiger partial charge in [0.25, 0.3) is 0 Å². The summed E-state index contributed by atoms with van der Waals surface area (Å²) in [6.07, 6.45) is 6.82. The average Bonchev–Trinajstić information content (AvgIpc) is 3.16. The number of epoxide rings is 2. The SMILES string of the molecule is C(NCC1CO1)C1CO1.CC1CCCCC1(C)C. The maximum atomic E-state index is 5.01. The first-order chi connectivity index (χ1) is 8.58. The fourth-order valence-electron chi connectivity index (χ4n) is 2.45. The van der Waals surface area contributed by atoms with Gasteiger partial charge >= 0.3 is 0 Å². The second-order valence-electron chi connectivity index (χ2n) is 6.70. The minimum Gasteiger partial charge on any atom is -0.372 e. The highest BCUT2D eigenvalue weighted by molar-refractivity contribution is 4.79. The van der Waals surface area contributed by atoms with Crippen molar-refractivity contribution in [2.45, 2.75) is 58.7 Å². The van der Waals surface area contributed by atoms with Crippen LogP contribution in [0.5, 0.6) is 0 Å². The maximum absolute atomic E-state index is 5.01. The third kappa shape index (κ3) is 5.25. The molecule has 106 valence electrons. The highest BCUT2D eigenvalue weighted by Gasteiger charge is 2.28. The quantitative estimate of drug-likeness (QED) is 0.785. The molecular formula is C15H29NO2. The molecule has 3 unspecified atom stereocenters. The van der Waals surface area contributed by atoms with Crippen molar-refractivity contribution in [3.05, 3.63) is 0 Å². The summed E-state index contributed by atoms with van der Waals surface area (Å²) in [5, 5.41) is 3.26. The summed E-state index contributed by atoms with van der Waals surface area (Å²) in [6, 6.07) is 0. The molecule has 3 nitrogen and oxygen atoms in total. The van der Waals surface area contributed by atoms with Gasteiger partial charge in [-0.05, 0) is 17.8 Å². The van der Waals surface area contributed by atoms with Gasteiger partial charge in [-0.1, -0.05) is 40.0 Å². The van der Waals surface area contributed by atoms with Crippen LogP contribution in [-0.2, 0) is 9.47 Å². The average molecular weight is 255 g/mol. The van der Waals surface area contributed by atoms with Crippen LogP contribution in [0.15, 0.2) is 0 Å². The highest BCUT2D eigenvalue weighted by atomic mass is 16.6. The summed E-state index contributed by atoms with van der Waals surface area (Å²) in [4.78, 5) is 0. The molecule has 0 amide bonds. The van der Waals surface area contributed by atoms with Gasteiger partial charge in [0.05, 0.1) is 25.4 Å². The molecule has 3 rings (SSSR count). The molecule has 0 aromatic rings. The van der Waals surface area contributed by atoms with E-state index in [1.54, 1.807) is 0 Å². The van der Waals surface area contributed by atoms with Crippen LogP contribution < -0.4 is 5.32 Å². The minimum absolute atomic E-state index is 0.503. The van der Waals surface area contributed by atoms with Crippen molar-refractivity contribution in [2.75, 3.05) is 26.3 Å². The molecule has 1 saturated carbocycles. The fraction of sp³-hybridized carbons (Fsp3) is 1.00. The van der Waals surface area contributed by atoms with E-state index < -0.39 is 0 Å². The van der Waals surface area contributed by atoms with Crippen LogP contribution in [0, 0.1) is 11.3 Å². The number of hydrogen-bond donors (Lipinski definition) is 1. The lowest BCUT2D eigenvalue weighted by atomic mass is 9.70. The molecule has 3 heteroatoms. The van der Waals surface area contributed by atoms with E-state index in [0.29, 0.717) is 17.6 Å². The zero-order valence-corrected chi connectivity index (χ0v) is 12.2. The molecule has 3 atom stereocenters. The van der Waals surface area contributed by atoms with E-state index in [4.69, 9.17) is 9.47 Å². The van der Waals surface area contributed by atoms with Crippen molar-refractivity contribution in [3.8, 4) is 0 Å². The van der Waals surface area contributed by atoms with Crippen LogP contribution in [0.3, 0.4) is 0 Å². The molecule has 1 N–H and O–H groups in total. The van der Waals surface area contributed by atoms with Gasteiger partial charge in [-0.2, -0.15) is 0 Å². The molecule has 3 aliphatic rings. The lowest BCUT2D eigenvalue weighted by Crippen LogP contribution is -2.24. The van der Waals surface area contributed by atoms with Gasteiger partial charge in [0, 0.05) is 13.1 Å². The summed E-state index contributed by atoms with van der Waals surface area (Å²) in [7, 11) is 0. The number of rotatable bonds is 4. The summed E-state index contributed by atoms with van der Waals surface area (Å²) >= 11 is 0. The lowest BCUT2D eigenvalue weighted by Gasteiger charge is -2.36. The van der Waals surface area contributed by atoms with Crippen molar-refractivity contribution in [2.24, 2.45) is 11.3 Å². The number of nitrogens with one attached hydrogen (secondary N) is 1. The summed E-state index contributed by atoms with van der Waals surface area (Å²) < 4.78 is 10.0. The predicted octanol–water partition coefficient (Wildman–Crippen LogP) is 2.60. The third-order valence-corrected chi connectivity index (χ3v) is 4.59. The van der Waals surface area contributed by atoms with Crippen LogP contribution in [0.1, 0.15) is 46.5 Å². The summed E-state index contributed by atoms with van der Waals surface area (Å²) in [6.45, 7) is 11.1. The Hall–Kier alpha value is -0.120. The molecular weight excluding hydrogens is 226 g/mol. The van der Waals surface area contributed by atoms with E-state index in [1.807, 2.05) is 0 Å². The van der Waals surface area contributed by atoms with Gasteiger partial charge in [-0.3, -0.25) is 0 Å². The van der Waals surface area contributed by atoms with Gasteiger partial charge in [0.2, 0.25) is 0 Å². The van der Waals surface area contributed by atoms with E-state index in [-0.39, 0.29) is 0 Å². The zero-order valence-electron chi connectivity index (χ0n) is 12.2. The van der Waals surface area contributed by atoms with E-state index in [0.717, 1.165) is 32.2 Å². The van der Waals surface area contributed by atoms with Gasteiger partial charge in [0.1, 0.15) is 0 Å². The van der Waals surface area contributed by atoms with Crippen LogP contribution in [0.4, 0.5) is 0 Å². The van der Waals surface area contributed by atoms with Crippen molar-refractivity contribution >= 4 is 0 Å². The number of hydrogen-bond acceptors (Lipinski definition) is 3. The second kappa shape index (κ2) is 6.36. The van der Waals surface area contributed by atoms with Crippen molar-refractivity contribution in [1.82, 2.24) is 5.32 Å². The Balaban J connectivity index is 0.000000134. The van der Waals surface area contributed by atoms with Gasteiger partial charge < -0.3 is 14.8 Å². The summed E-state index contributed by atoms with van der Waals surface area (Å²) in [5.41, 5.74) is 0.637. The normalized spacial score (nSPS) is 36.5. The smallest absolute Gasteiger partial charge is 0.0933 e. The molecule has 1 aliphatic carbocycles. The third-order valence-electron chi connectivity index (χ3n) is 4.59. The zero-order chi connectivity index (χ0) is 13.0. The van der Waals surface area contributed by atoms with Crippen molar-refractivity contribution < 1.29 is 9.47 Å². The van der Waals surface area contributed by atoms with Crippen LogP contribution >= 0.6 is 0 Å². The Bertz CT molecular complexity index is 235. The first-order valence-corrected chi connectivity index (χ1v) is 7.52. The fourth-order valence-corrected chi connectivity index (χ4v) is 2.45. The van der Waals surface area contributed by atoms with E-state index >= 15 is 0 Å². The molecule has 2 saturated heterocycles. The molecule has 18 heavy (non-hydrogen) atoms. The predicted molar refractivity (Wildman–Crippen MR) is 73.8 cm³/mol. The van der Waals surface area contributed by atoms with Gasteiger partial charge in [0.15, 0.2) is 0 Å². The molecule has 0 aromatic heterocycles. The molecule has 0 radical (unpaired) electrons. The largest absolute Gasteiger partial charge is 0.372 e. The molecule has 2 aliphatic heterocycles. The number of ether oxygens (including phenoxy) is 2. The minimum atomic E-state index is 0.503. The Kier molecular flexibility index (Phi) is 5.05. The van der Waals surface area contributed by atoms with Crippen LogP contribution in [0.25, 0.3) is 0 Å². The van der Waals surface area contributed by atoms with E-state index in [2.05, 4.69) is 26.1 Å². The maximum Gasteiger partial charge on any atom is 0.0933 e.